The minimum atomic E-state index is -2.54. The second kappa shape index (κ2) is 54.2. The average molecular weight is 1990 g/mol. The number of aliphatic carboxylic acids is 1. The van der Waals surface area contributed by atoms with Crippen LogP contribution >= 0.6 is 0 Å². The van der Waals surface area contributed by atoms with E-state index in [1.165, 1.54) is 6.08 Å². The van der Waals surface area contributed by atoms with Crippen LogP contribution in [0.25, 0.3) is 0 Å². The maximum atomic E-state index is 15.5. The Kier molecular flexibility index (Phi) is 46.6. The second-order valence-corrected chi connectivity index (χ2v) is 60.7. The molecule has 2 aromatic carbocycles. The van der Waals surface area contributed by atoms with E-state index in [0.29, 0.717) is 75.7 Å². The van der Waals surface area contributed by atoms with Crippen LogP contribution in [-0.2, 0) is 84.4 Å². The fourth-order valence-electron chi connectivity index (χ4n) is 20.2. The van der Waals surface area contributed by atoms with Gasteiger partial charge in [-0.3, -0.25) is 0 Å². The number of esters is 1. The van der Waals surface area contributed by atoms with E-state index in [4.69, 9.17) is 84.3 Å². The van der Waals surface area contributed by atoms with Crippen molar-refractivity contribution in [2.24, 2.45) is 47.3 Å². The van der Waals surface area contributed by atoms with Gasteiger partial charge in [0.25, 0.3) is 0 Å². The molecule has 0 unspecified atom stereocenters. The molecule has 8 rings (SSSR count). The highest BCUT2D eigenvalue weighted by Crippen LogP contribution is 2.48. The number of carbonyl (C=O) groups is 2. The third-order valence-electron chi connectivity index (χ3n) is 32.6. The van der Waals surface area contributed by atoms with Crippen LogP contribution in [0.1, 0.15) is 285 Å². The van der Waals surface area contributed by atoms with Gasteiger partial charge in [-0.05, 0) is 195 Å². The highest BCUT2D eigenvalue weighted by atomic mass is 28.4. The van der Waals surface area contributed by atoms with Crippen molar-refractivity contribution < 1.29 is 109 Å². The zero-order valence-corrected chi connectivity index (χ0v) is 94.1. The summed E-state index contributed by atoms with van der Waals surface area (Å²) in [5.74, 6) is -1.98. The molecule has 0 saturated carbocycles. The molecule has 6 aliphatic heterocycles. The molecule has 3 N–H and O–H groups in total. The van der Waals surface area contributed by atoms with Gasteiger partial charge in [-0.1, -0.05) is 202 Å². The summed E-state index contributed by atoms with van der Waals surface area (Å²) in [6, 6.07) is 15.6. The van der Waals surface area contributed by atoms with Crippen molar-refractivity contribution in [3.63, 3.8) is 0 Å². The lowest BCUT2D eigenvalue weighted by atomic mass is 9.78. The quantitative estimate of drug-likeness (QED) is 0.0183. The van der Waals surface area contributed by atoms with Gasteiger partial charge >= 0.3 is 11.9 Å². The molecular formula is C112H188O23Si3. The molecule has 4 saturated heterocycles. The van der Waals surface area contributed by atoms with Gasteiger partial charge in [0, 0.05) is 126 Å². The smallest absolute Gasteiger partial charge is 0.331 e. The van der Waals surface area contributed by atoms with Gasteiger partial charge in [0.15, 0.2) is 37.5 Å². The summed E-state index contributed by atoms with van der Waals surface area (Å²) in [4.78, 5) is 26.9. The maximum absolute atomic E-state index is 15.5. The van der Waals surface area contributed by atoms with Crippen LogP contribution in [-0.4, -0.2) is 229 Å². The average Bonchev–Trinajstić information content (AvgIpc) is 0.784. The Labute approximate surface area is 836 Å². The van der Waals surface area contributed by atoms with Gasteiger partial charge in [0.2, 0.25) is 0 Å². The van der Waals surface area contributed by atoms with Crippen molar-refractivity contribution in [2.45, 2.75) is 462 Å². The second-order valence-electron chi connectivity index (χ2n) is 46.4. The third-order valence-corrected chi connectivity index (χ3v) is 46.1. The van der Waals surface area contributed by atoms with Crippen molar-refractivity contribution >= 4 is 36.9 Å². The number of methoxy groups -OCH3 is 6. The van der Waals surface area contributed by atoms with E-state index in [1.54, 1.807) is 54.8 Å². The Morgan fingerprint density at radius 1 is 0.442 bits per heavy atom. The number of hydrogen-bond donors (Lipinski definition) is 3. The first-order valence-electron chi connectivity index (χ1n) is 52.2. The molecule has 6 aliphatic rings. The standard InChI is InChI=1S/C112H188O23Si3/c1-70(42-58-102(113)114)40-50-92(133-136(28,29)110(13,14)15)62-86-36-34-39-89(126-86)67-97(123-27)77(8)99-69-101(131-109(129-99)83-48-56-85(119-23)57-49-83)79(10)107(81(12)106(135-138(32,33)112(19,20)21)73(4)45-53-91-65-95(121-25)61-75(6)125-91)132-103(115)59-43-71(2)41-51-93(134-137(30,31)111(16,17)18)63-87-37-35-38-88(127-87)66-96(122-26)76(7)98-68-100(130-108(128-98)82-46-54-84(118-22)55-47-82)78(9)105(117)80(11)104(116)72(3)44-52-90-64-94(120-24)60-74(5)124-90/h34-37,40-43,46-49,54-59,72-81,86-101,104-109,116-117H,38-39,44-45,50-53,60-69H2,1-33H3,(H,113,114)/b58-42+,59-43+,70-40+,71-41+/t72-,73-,74-,75-,76+,77+,78-,79-,80-,81-,86-,87-,88-,89-,90-,91-,92-,93-,94+,95+,96-,97-,98-,99-,100+,101+,104-,105-,106-,107-,108+,109+/m0/s1. The minimum Gasteiger partial charge on any atom is -0.497 e. The van der Waals surface area contributed by atoms with Crippen LogP contribution < -0.4 is 9.47 Å². The molecule has 0 aromatic heterocycles. The lowest BCUT2D eigenvalue weighted by Crippen LogP contribution is -2.53. The highest BCUT2D eigenvalue weighted by molar-refractivity contribution is 6.75. The first-order valence-corrected chi connectivity index (χ1v) is 60.9. The van der Waals surface area contributed by atoms with Gasteiger partial charge in [0.05, 0.1) is 142 Å². The molecule has 23 nitrogen and oxygen atoms in total. The molecule has 6 heterocycles. The monoisotopic (exact) mass is 1990 g/mol. The molecular weight excluding hydrogens is 1800 g/mol. The van der Waals surface area contributed by atoms with Crippen LogP contribution in [0.15, 0.2) is 120 Å². The van der Waals surface area contributed by atoms with Crippen molar-refractivity contribution in [1.29, 1.82) is 0 Å². The van der Waals surface area contributed by atoms with Crippen LogP contribution in [0.2, 0.25) is 54.4 Å². The zero-order chi connectivity index (χ0) is 102. The van der Waals surface area contributed by atoms with Gasteiger partial charge < -0.3 is 99.7 Å². The molecule has 0 amide bonds. The number of aliphatic hydroxyl groups excluding tert-OH is 2. The van der Waals surface area contributed by atoms with Crippen LogP contribution in [0.3, 0.4) is 0 Å². The summed E-state index contributed by atoms with van der Waals surface area (Å²) in [6.07, 6.45) is 24.6. The Bertz CT molecular complexity index is 4130. The lowest BCUT2D eigenvalue weighted by Gasteiger charge is -2.47. The van der Waals surface area contributed by atoms with Gasteiger partial charge in [-0.2, -0.15) is 0 Å². The van der Waals surface area contributed by atoms with Crippen molar-refractivity contribution in [3.8, 4) is 11.5 Å². The largest absolute Gasteiger partial charge is 0.497 e. The zero-order valence-electron chi connectivity index (χ0n) is 91.1. The van der Waals surface area contributed by atoms with E-state index >= 15 is 4.79 Å². The van der Waals surface area contributed by atoms with E-state index in [1.807, 2.05) is 82.3 Å². The van der Waals surface area contributed by atoms with Crippen molar-refractivity contribution in [1.82, 2.24) is 0 Å². The molecule has 2 aromatic rings. The summed E-state index contributed by atoms with van der Waals surface area (Å²) in [6.45, 7) is 59.4. The fourth-order valence-corrected chi connectivity index (χ4v) is 24.5. The predicted octanol–water partition coefficient (Wildman–Crippen LogP) is 24.3. The SMILES string of the molecule is COc1ccc([C@@H]2O[C@H]([C@H](C)[C@H](C[C@@H]3CC=C[C@@H](C[C@H](C/C=C(C)/C=C/C(=O)O[C@H]([C@@H](C)[C@@H](O[Si](C)(C)C(C)(C)C)[C@@H](C)CC[C@H]4C[C@H](OC)C[C@H](C)O4)[C@@H](C)[C@H]4C[C@@H]([C@H](C)[C@H](C[C@@H]5CC=C[C@@H](C[C@H](C/C=C(C)/C=C/C(=O)O)O[Si](C)(C)C(C)(C)C)O5)OC)O[C@@H](c5ccc(OC)cc5)O4)O[Si](C)(C)C(C)(C)C)O3)OC)C[C@H]([C@H](C)[C@H](O)[C@@H](C)[C@@H](O)[C@@H](C)CC[C@H]3C[C@H](OC)C[C@H](C)O3)O2)cc1. The first kappa shape index (κ1) is 119. The molecule has 4 fully saturated rings. The van der Waals surface area contributed by atoms with Crippen molar-refractivity contribution in [2.75, 3.05) is 42.7 Å². The van der Waals surface area contributed by atoms with Crippen molar-refractivity contribution in [3.05, 3.63) is 132 Å². The number of ether oxygens (including phenoxy) is 15. The summed E-state index contributed by atoms with van der Waals surface area (Å²) in [5.41, 5.74) is 3.39. The number of aliphatic hydroxyl groups is 2. The molecule has 138 heavy (non-hydrogen) atoms. The fraction of sp³-hybridized carbons (Fsp3) is 0.768. The number of allylic oxidation sites excluding steroid dienone is 4. The topological polar surface area (TPSA) is 261 Å². The number of carboxylic acids is 1. The Morgan fingerprint density at radius 2 is 0.826 bits per heavy atom. The number of rotatable bonds is 51. The molecule has 786 valence electrons. The van der Waals surface area contributed by atoms with Gasteiger partial charge in [0.1, 0.15) is 17.6 Å². The van der Waals surface area contributed by atoms with Crippen LogP contribution in [0.4, 0.5) is 0 Å². The summed E-state index contributed by atoms with van der Waals surface area (Å²) < 4.78 is 121. The minimum absolute atomic E-state index is 0.0136. The van der Waals surface area contributed by atoms with Crippen LogP contribution in [0.5, 0.6) is 11.5 Å². The summed E-state index contributed by atoms with van der Waals surface area (Å²) >= 11 is 0. The first-order chi connectivity index (χ1) is 64.7. The predicted molar refractivity (Wildman–Crippen MR) is 556 cm³/mol. The van der Waals surface area contributed by atoms with Gasteiger partial charge in [-0.15, -0.1) is 0 Å². The summed E-state index contributed by atoms with van der Waals surface area (Å²) in [5, 5.41) is 33.4. The third kappa shape index (κ3) is 35.3. The Balaban J connectivity index is 1.04. The normalized spacial score (nSPS) is 29.0. The van der Waals surface area contributed by atoms with E-state index in [0.717, 1.165) is 73.6 Å². The van der Waals surface area contributed by atoms with E-state index in [9.17, 15) is 20.1 Å². The number of carboxylic acid groups (broad SMARTS) is 1. The molecule has 26 heteroatoms. The Hall–Kier alpha value is -4.61. The molecule has 32 atom stereocenters. The van der Waals surface area contributed by atoms with E-state index in [-0.39, 0.29) is 148 Å². The Morgan fingerprint density at radius 3 is 1.21 bits per heavy atom. The van der Waals surface area contributed by atoms with Gasteiger partial charge in [-0.25, -0.2) is 9.59 Å². The highest BCUT2D eigenvalue weighted by Gasteiger charge is 2.51. The van der Waals surface area contributed by atoms with E-state index < -0.39 is 97.9 Å². The number of hydrogen-bond acceptors (Lipinski definition) is 22. The number of benzene rings is 2. The molecule has 0 spiro atoms. The molecule has 0 radical (unpaired) electrons. The maximum Gasteiger partial charge on any atom is 0.331 e. The lowest BCUT2D eigenvalue weighted by molar-refractivity contribution is -0.279. The molecule has 0 aliphatic carbocycles. The number of carbonyl (C=O) groups excluding carboxylic acids is 1. The summed E-state index contributed by atoms with van der Waals surface area (Å²) in [7, 11) is 3.22. The van der Waals surface area contributed by atoms with Crippen LogP contribution in [0, 0.1) is 47.3 Å². The van der Waals surface area contributed by atoms with E-state index in [2.05, 4.69) is 193 Å². The molecule has 0 bridgehead atoms.